The van der Waals surface area contributed by atoms with Gasteiger partial charge in [-0.15, -0.1) is 0 Å². The van der Waals surface area contributed by atoms with Crippen molar-refractivity contribution in [2.45, 2.75) is 4.83 Å². The Morgan fingerprint density at radius 2 is 2.11 bits per heavy atom. The van der Waals surface area contributed by atoms with E-state index in [0.717, 1.165) is 0 Å². The summed E-state index contributed by atoms with van der Waals surface area (Å²) in [5, 5.41) is 0. The molecule has 0 radical (unpaired) electrons. The zero-order valence-electron chi connectivity index (χ0n) is 4.50. The Hall–Kier alpha value is 0.1000. The van der Waals surface area contributed by atoms with Gasteiger partial charge in [0.2, 0.25) is 0 Å². The summed E-state index contributed by atoms with van der Waals surface area (Å²) in [6.45, 7) is 0. The molecule has 1 saturated heterocycles. The summed E-state index contributed by atoms with van der Waals surface area (Å²) in [6, 6.07) is 0. The maximum Gasteiger partial charge on any atom is 0.162 e. The van der Waals surface area contributed by atoms with E-state index in [1.807, 2.05) is 0 Å². The van der Waals surface area contributed by atoms with Gasteiger partial charge in [-0.1, -0.05) is 15.9 Å². The number of Topliss-reactive ketones (excluding diaryl/α,β-unsaturated/α-hetero) is 1. The summed E-state index contributed by atoms with van der Waals surface area (Å²) < 4.78 is 21.2. The molecule has 0 aliphatic carbocycles. The van der Waals surface area contributed by atoms with Crippen molar-refractivity contribution in [3.05, 3.63) is 0 Å². The van der Waals surface area contributed by atoms with E-state index in [1.165, 1.54) is 0 Å². The van der Waals surface area contributed by atoms with Gasteiger partial charge in [0.25, 0.3) is 0 Å². The summed E-state index contributed by atoms with van der Waals surface area (Å²) in [5.41, 5.74) is 0. The maximum atomic E-state index is 10.6. The standard InChI is InChI=1S/C4H5BrO3S/c5-3-1-9(7,8)2-4(3)6/h3H,1-2H2/t3-/m0/s1. The van der Waals surface area contributed by atoms with Gasteiger partial charge >= 0.3 is 0 Å². The number of carbonyl (C=O) groups excluding carboxylic acids is 1. The Morgan fingerprint density at radius 3 is 2.22 bits per heavy atom. The van der Waals surface area contributed by atoms with Gasteiger partial charge in [-0.25, -0.2) is 8.42 Å². The number of rotatable bonds is 0. The maximum absolute atomic E-state index is 10.6. The number of hydrogen-bond donors (Lipinski definition) is 0. The van der Waals surface area contributed by atoms with Gasteiger partial charge in [-0.05, 0) is 0 Å². The van der Waals surface area contributed by atoms with Crippen LogP contribution in [-0.4, -0.2) is 30.5 Å². The Bertz CT molecular complexity index is 230. The fourth-order valence-corrected chi connectivity index (χ4v) is 3.65. The average Bonchev–Trinajstić information content (AvgIpc) is 1.79. The Kier molecular flexibility index (Phi) is 1.65. The Morgan fingerprint density at radius 1 is 1.56 bits per heavy atom. The molecule has 0 aromatic rings. The highest BCUT2D eigenvalue weighted by Crippen LogP contribution is 2.14. The molecule has 0 bridgehead atoms. The first-order valence-electron chi connectivity index (χ1n) is 2.38. The summed E-state index contributed by atoms with van der Waals surface area (Å²) in [4.78, 5) is 10.1. The van der Waals surface area contributed by atoms with Crippen molar-refractivity contribution in [1.82, 2.24) is 0 Å². The monoisotopic (exact) mass is 212 g/mol. The molecule has 0 amide bonds. The van der Waals surface area contributed by atoms with Gasteiger partial charge in [0.05, 0.1) is 10.6 Å². The third kappa shape index (κ3) is 1.52. The number of sulfone groups is 1. The van der Waals surface area contributed by atoms with Crippen LogP contribution in [0.1, 0.15) is 0 Å². The Balaban J connectivity index is 2.90. The van der Waals surface area contributed by atoms with E-state index in [-0.39, 0.29) is 17.3 Å². The normalized spacial score (nSPS) is 33.0. The van der Waals surface area contributed by atoms with Crippen LogP contribution in [0.3, 0.4) is 0 Å². The van der Waals surface area contributed by atoms with E-state index in [0.29, 0.717) is 0 Å². The van der Waals surface area contributed by atoms with Gasteiger partial charge < -0.3 is 0 Å². The summed E-state index contributed by atoms with van der Waals surface area (Å²) in [6.07, 6.45) is 0. The summed E-state index contributed by atoms with van der Waals surface area (Å²) >= 11 is 2.95. The third-order valence-corrected chi connectivity index (χ3v) is 3.94. The molecular formula is C4H5BrO3S. The highest BCUT2D eigenvalue weighted by Gasteiger charge is 2.33. The van der Waals surface area contributed by atoms with E-state index < -0.39 is 14.7 Å². The van der Waals surface area contributed by atoms with Crippen LogP contribution in [0.5, 0.6) is 0 Å². The smallest absolute Gasteiger partial charge is 0.162 e. The fourth-order valence-electron chi connectivity index (χ4n) is 0.682. The van der Waals surface area contributed by atoms with E-state index in [9.17, 15) is 13.2 Å². The molecule has 0 N–H and O–H groups in total. The van der Waals surface area contributed by atoms with Gasteiger partial charge in [0.15, 0.2) is 15.6 Å². The van der Waals surface area contributed by atoms with Crippen LogP contribution in [0.2, 0.25) is 0 Å². The van der Waals surface area contributed by atoms with Crippen molar-refractivity contribution in [3.63, 3.8) is 0 Å². The lowest BCUT2D eigenvalue weighted by atomic mass is 10.4. The topological polar surface area (TPSA) is 51.2 Å². The minimum atomic E-state index is -3.04. The Labute approximate surface area is 61.5 Å². The second-order valence-electron chi connectivity index (χ2n) is 1.99. The molecular weight excluding hydrogens is 208 g/mol. The predicted octanol–water partition coefficient (Wildman–Crippen LogP) is -0.253. The molecule has 0 saturated carbocycles. The molecule has 5 heteroatoms. The van der Waals surface area contributed by atoms with Crippen LogP contribution < -0.4 is 0 Å². The first kappa shape index (κ1) is 7.21. The molecule has 0 unspecified atom stereocenters. The molecule has 1 rings (SSSR count). The summed E-state index contributed by atoms with van der Waals surface area (Å²) in [7, 11) is -3.04. The van der Waals surface area contributed by atoms with E-state index in [4.69, 9.17) is 0 Å². The van der Waals surface area contributed by atoms with Gasteiger partial charge in [0, 0.05) is 0 Å². The second kappa shape index (κ2) is 2.05. The highest BCUT2D eigenvalue weighted by molar-refractivity contribution is 9.10. The van der Waals surface area contributed by atoms with Crippen molar-refractivity contribution < 1.29 is 13.2 Å². The van der Waals surface area contributed by atoms with Crippen LogP contribution in [0.25, 0.3) is 0 Å². The van der Waals surface area contributed by atoms with Crippen molar-refractivity contribution in [3.8, 4) is 0 Å². The van der Waals surface area contributed by atoms with E-state index >= 15 is 0 Å². The minimum absolute atomic E-state index is 0.0359. The lowest BCUT2D eigenvalue weighted by Crippen LogP contribution is -2.08. The van der Waals surface area contributed by atoms with Crippen LogP contribution in [0.4, 0.5) is 0 Å². The number of ketones is 1. The average molecular weight is 213 g/mol. The van der Waals surface area contributed by atoms with E-state index in [1.54, 1.807) is 0 Å². The van der Waals surface area contributed by atoms with Crippen molar-refractivity contribution in [2.75, 3.05) is 11.5 Å². The number of alkyl halides is 1. The first-order valence-corrected chi connectivity index (χ1v) is 5.12. The number of hydrogen-bond acceptors (Lipinski definition) is 3. The zero-order chi connectivity index (χ0) is 7.07. The molecule has 0 spiro atoms. The molecule has 1 fully saturated rings. The van der Waals surface area contributed by atoms with Crippen molar-refractivity contribution in [2.24, 2.45) is 0 Å². The third-order valence-electron chi connectivity index (χ3n) is 1.11. The number of halogens is 1. The lowest BCUT2D eigenvalue weighted by Gasteiger charge is -1.87. The predicted molar refractivity (Wildman–Crippen MR) is 36.4 cm³/mol. The van der Waals surface area contributed by atoms with Crippen LogP contribution in [-0.2, 0) is 14.6 Å². The lowest BCUT2D eigenvalue weighted by molar-refractivity contribution is -0.115. The first-order chi connectivity index (χ1) is 4.01. The molecule has 1 aliphatic heterocycles. The molecule has 9 heavy (non-hydrogen) atoms. The molecule has 0 aromatic heterocycles. The minimum Gasteiger partial charge on any atom is -0.297 e. The molecule has 0 aromatic carbocycles. The van der Waals surface area contributed by atoms with Gasteiger partial charge in [0.1, 0.15) is 5.75 Å². The van der Waals surface area contributed by atoms with Gasteiger partial charge in [-0.2, -0.15) is 0 Å². The van der Waals surface area contributed by atoms with Crippen LogP contribution in [0.15, 0.2) is 0 Å². The van der Waals surface area contributed by atoms with Crippen LogP contribution in [0, 0.1) is 0 Å². The highest BCUT2D eigenvalue weighted by atomic mass is 79.9. The number of carbonyl (C=O) groups is 1. The SMILES string of the molecule is O=C1CS(=O)(=O)C[C@@H]1Br. The molecule has 3 nitrogen and oxygen atoms in total. The van der Waals surface area contributed by atoms with Gasteiger partial charge in [-0.3, -0.25) is 4.79 Å². The molecule has 1 aliphatic rings. The van der Waals surface area contributed by atoms with Crippen molar-refractivity contribution >= 4 is 31.6 Å². The zero-order valence-corrected chi connectivity index (χ0v) is 6.91. The molecule has 1 atom stereocenters. The molecule has 1 heterocycles. The van der Waals surface area contributed by atoms with E-state index in [2.05, 4.69) is 15.9 Å². The summed E-state index contributed by atoms with van der Waals surface area (Å²) in [5.74, 6) is -0.552. The van der Waals surface area contributed by atoms with Crippen molar-refractivity contribution in [1.29, 1.82) is 0 Å². The fraction of sp³-hybridized carbons (Fsp3) is 0.750. The largest absolute Gasteiger partial charge is 0.297 e. The quantitative estimate of drug-likeness (QED) is 0.521. The second-order valence-corrected chi connectivity index (χ2v) is 5.20. The van der Waals surface area contributed by atoms with Crippen LogP contribution >= 0.6 is 15.9 Å². The molecule has 52 valence electrons.